The molecule has 0 aromatic heterocycles. The van der Waals surface area contributed by atoms with Crippen molar-refractivity contribution in [3.63, 3.8) is 0 Å². The predicted octanol–water partition coefficient (Wildman–Crippen LogP) is 4.39. The van der Waals surface area contributed by atoms with Gasteiger partial charge in [0.05, 0.1) is 11.4 Å². The highest BCUT2D eigenvalue weighted by Gasteiger charge is 2.24. The number of piperidine rings is 1. The minimum atomic E-state index is 0.0602. The number of hydrogen-bond acceptors (Lipinski definition) is 3. The highest BCUT2D eigenvalue weighted by molar-refractivity contribution is 6.31. The number of halogens is 1. The largest absolute Gasteiger partial charge is 0.343 e. The Morgan fingerprint density at radius 1 is 1.16 bits per heavy atom. The minimum absolute atomic E-state index is 0.0602. The van der Waals surface area contributed by atoms with E-state index in [0.717, 1.165) is 43.0 Å². The van der Waals surface area contributed by atoms with E-state index in [1.54, 1.807) is 0 Å². The van der Waals surface area contributed by atoms with Gasteiger partial charge >= 0.3 is 0 Å². The van der Waals surface area contributed by atoms with Crippen LogP contribution in [0.2, 0.25) is 5.02 Å². The maximum Gasteiger partial charge on any atom is 0.227 e. The van der Waals surface area contributed by atoms with Crippen molar-refractivity contribution < 1.29 is 4.79 Å². The third-order valence-corrected chi connectivity index (χ3v) is 5.05. The molecular weight excluding hydrogens is 334 g/mol. The lowest BCUT2D eigenvalue weighted by Gasteiger charge is -2.29. The third kappa shape index (κ3) is 4.33. The van der Waals surface area contributed by atoms with Crippen LogP contribution in [0.15, 0.2) is 48.5 Å². The van der Waals surface area contributed by atoms with Gasteiger partial charge in [0, 0.05) is 23.7 Å². The number of hydrogen-bond donors (Lipinski definition) is 1. The van der Waals surface area contributed by atoms with Gasteiger partial charge in [0.2, 0.25) is 5.91 Å². The van der Waals surface area contributed by atoms with Crippen molar-refractivity contribution in [3.05, 3.63) is 53.6 Å². The number of para-hydroxylation sites is 1. The molecule has 1 aliphatic heterocycles. The van der Waals surface area contributed by atoms with Crippen LogP contribution in [0.3, 0.4) is 0 Å². The van der Waals surface area contributed by atoms with Crippen LogP contribution in [0.25, 0.3) is 0 Å². The molecule has 0 spiro atoms. The number of benzene rings is 2. The van der Waals surface area contributed by atoms with Crippen LogP contribution in [0.1, 0.15) is 12.8 Å². The van der Waals surface area contributed by atoms with E-state index >= 15 is 0 Å². The summed E-state index contributed by atoms with van der Waals surface area (Å²) in [6, 6.07) is 15.7. The fraction of sp³-hybridized carbons (Fsp3) is 0.350. The molecule has 0 saturated carbocycles. The molecular formula is C20H24ClN3O. The topological polar surface area (TPSA) is 35.6 Å². The number of nitrogens with zero attached hydrogens (tertiary/aromatic N) is 2. The third-order valence-electron chi connectivity index (χ3n) is 4.81. The molecule has 25 heavy (non-hydrogen) atoms. The van der Waals surface area contributed by atoms with Crippen molar-refractivity contribution in [2.45, 2.75) is 12.8 Å². The molecule has 5 heteroatoms. The zero-order valence-corrected chi connectivity index (χ0v) is 15.5. The molecule has 0 bridgehead atoms. The Kier molecular flexibility index (Phi) is 5.61. The summed E-state index contributed by atoms with van der Waals surface area (Å²) in [7, 11) is 4.09. The quantitative estimate of drug-likeness (QED) is 0.881. The summed E-state index contributed by atoms with van der Waals surface area (Å²) in [5.41, 5.74) is 2.74. The van der Waals surface area contributed by atoms with Crippen LogP contribution in [-0.4, -0.2) is 38.0 Å². The average molecular weight is 358 g/mol. The van der Waals surface area contributed by atoms with E-state index in [-0.39, 0.29) is 11.8 Å². The molecule has 1 heterocycles. The summed E-state index contributed by atoms with van der Waals surface area (Å²) in [6.45, 7) is 1.93. The van der Waals surface area contributed by atoms with Gasteiger partial charge in [-0.05, 0) is 63.3 Å². The average Bonchev–Trinajstić information content (AvgIpc) is 2.62. The Balaban J connectivity index is 1.81. The molecule has 1 saturated heterocycles. The lowest BCUT2D eigenvalue weighted by molar-refractivity contribution is -0.121. The molecule has 2 aromatic carbocycles. The summed E-state index contributed by atoms with van der Waals surface area (Å²) in [5.74, 6) is 0.142. The second-order valence-corrected chi connectivity index (χ2v) is 7.06. The first kappa shape index (κ1) is 17.8. The lowest BCUT2D eigenvalue weighted by atomic mass is 9.96. The van der Waals surface area contributed by atoms with Gasteiger partial charge in [0.1, 0.15) is 0 Å². The van der Waals surface area contributed by atoms with Gasteiger partial charge in [-0.1, -0.05) is 29.8 Å². The van der Waals surface area contributed by atoms with Crippen LogP contribution in [0.5, 0.6) is 0 Å². The molecule has 1 aliphatic rings. The number of amides is 1. The number of anilines is 3. The van der Waals surface area contributed by atoms with Gasteiger partial charge < -0.3 is 15.1 Å². The number of likely N-dealkylation sites (tertiary alicyclic amines) is 1. The molecule has 0 atom stereocenters. The monoisotopic (exact) mass is 357 g/mol. The van der Waals surface area contributed by atoms with Crippen molar-refractivity contribution in [1.82, 2.24) is 4.90 Å². The molecule has 0 radical (unpaired) electrons. The first-order chi connectivity index (χ1) is 12.0. The van der Waals surface area contributed by atoms with Crippen molar-refractivity contribution in [2.75, 3.05) is 37.4 Å². The van der Waals surface area contributed by atoms with E-state index in [1.165, 1.54) is 0 Å². The maximum absolute atomic E-state index is 12.7. The standard InChI is InChI=1S/C20H24ClN3O/c1-23-12-10-15(11-13-23)20(25)22-18-14-16(21)8-9-19(18)24(2)17-6-4-3-5-7-17/h3-9,14-15H,10-13H2,1-2H3,(H,22,25). The Hall–Kier alpha value is -2.04. The molecule has 0 aliphatic carbocycles. The van der Waals surface area contributed by atoms with Gasteiger partial charge in [-0.25, -0.2) is 0 Å². The first-order valence-corrected chi connectivity index (χ1v) is 9.00. The SMILES string of the molecule is CN1CCC(C(=O)Nc2cc(Cl)ccc2N(C)c2ccccc2)CC1. The molecule has 2 aromatic rings. The summed E-state index contributed by atoms with van der Waals surface area (Å²) in [6.07, 6.45) is 1.79. The fourth-order valence-electron chi connectivity index (χ4n) is 3.20. The van der Waals surface area contributed by atoms with Crippen molar-refractivity contribution in [1.29, 1.82) is 0 Å². The Morgan fingerprint density at radius 2 is 1.84 bits per heavy atom. The van der Waals surface area contributed by atoms with E-state index in [0.29, 0.717) is 5.02 Å². The number of nitrogens with one attached hydrogen (secondary N) is 1. The highest BCUT2D eigenvalue weighted by atomic mass is 35.5. The molecule has 0 unspecified atom stereocenters. The normalized spacial score (nSPS) is 15.8. The van der Waals surface area contributed by atoms with E-state index in [9.17, 15) is 4.79 Å². The van der Waals surface area contributed by atoms with Gasteiger partial charge in [-0.15, -0.1) is 0 Å². The van der Waals surface area contributed by atoms with Gasteiger partial charge in [-0.3, -0.25) is 4.79 Å². The zero-order valence-electron chi connectivity index (χ0n) is 14.7. The molecule has 1 amide bonds. The fourth-order valence-corrected chi connectivity index (χ4v) is 3.37. The first-order valence-electron chi connectivity index (χ1n) is 8.62. The van der Waals surface area contributed by atoms with E-state index in [2.05, 4.69) is 22.2 Å². The van der Waals surface area contributed by atoms with Crippen LogP contribution >= 0.6 is 11.6 Å². The Bertz CT molecular complexity index is 727. The second-order valence-electron chi connectivity index (χ2n) is 6.62. The molecule has 3 rings (SSSR count). The van der Waals surface area contributed by atoms with Crippen molar-refractivity contribution in [3.8, 4) is 0 Å². The Labute approximate surface area is 154 Å². The Morgan fingerprint density at radius 3 is 2.52 bits per heavy atom. The number of rotatable bonds is 4. The summed E-state index contributed by atoms with van der Waals surface area (Å²) >= 11 is 6.18. The summed E-state index contributed by atoms with van der Waals surface area (Å²) in [4.78, 5) is 17.0. The van der Waals surface area contributed by atoms with E-state index in [1.807, 2.05) is 55.6 Å². The minimum Gasteiger partial charge on any atom is -0.343 e. The summed E-state index contributed by atoms with van der Waals surface area (Å²) in [5, 5.41) is 3.72. The van der Waals surface area contributed by atoms with Gasteiger partial charge in [-0.2, -0.15) is 0 Å². The van der Waals surface area contributed by atoms with Crippen LogP contribution < -0.4 is 10.2 Å². The van der Waals surface area contributed by atoms with E-state index in [4.69, 9.17) is 11.6 Å². The van der Waals surface area contributed by atoms with Crippen LogP contribution in [0, 0.1) is 5.92 Å². The molecule has 132 valence electrons. The number of carbonyl (C=O) groups is 1. The van der Waals surface area contributed by atoms with E-state index < -0.39 is 0 Å². The van der Waals surface area contributed by atoms with Crippen molar-refractivity contribution >= 4 is 34.6 Å². The molecule has 1 N–H and O–H groups in total. The van der Waals surface area contributed by atoms with Crippen LogP contribution in [-0.2, 0) is 4.79 Å². The predicted molar refractivity (Wildman–Crippen MR) is 105 cm³/mol. The molecule has 4 nitrogen and oxygen atoms in total. The van der Waals surface area contributed by atoms with Gasteiger partial charge in [0.15, 0.2) is 0 Å². The molecule has 1 fully saturated rings. The second kappa shape index (κ2) is 7.89. The van der Waals surface area contributed by atoms with Gasteiger partial charge in [0.25, 0.3) is 0 Å². The number of carbonyl (C=O) groups excluding carboxylic acids is 1. The smallest absolute Gasteiger partial charge is 0.227 e. The zero-order chi connectivity index (χ0) is 17.8. The lowest BCUT2D eigenvalue weighted by Crippen LogP contribution is -2.36. The van der Waals surface area contributed by atoms with Crippen molar-refractivity contribution in [2.24, 2.45) is 5.92 Å². The maximum atomic E-state index is 12.7. The highest BCUT2D eigenvalue weighted by Crippen LogP contribution is 2.33. The van der Waals surface area contributed by atoms with Crippen LogP contribution in [0.4, 0.5) is 17.1 Å². The summed E-state index contributed by atoms with van der Waals surface area (Å²) < 4.78 is 0.